The molecule has 1 heterocycles. The molecule has 0 saturated carbocycles. The van der Waals surface area contributed by atoms with Crippen molar-refractivity contribution in [3.05, 3.63) is 60.9 Å². The normalized spacial score (nSPS) is 16.1. The van der Waals surface area contributed by atoms with E-state index in [1.165, 1.54) is 24.4 Å². The Labute approximate surface area is 195 Å². The molecule has 1 aliphatic rings. The first-order valence-electron chi connectivity index (χ1n) is 8.82. The minimum atomic E-state index is -0.501. The van der Waals surface area contributed by atoms with Gasteiger partial charge in [-0.15, -0.1) is 0 Å². The Kier molecular flexibility index (Phi) is 7.38. The van der Waals surface area contributed by atoms with E-state index in [2.05, 4.69) is 46.9 Å². The van der Waals surface area contributed by atoms with Gasteiger partial charge in [-0.25, -0.2) is 9.79 Å². The van der Waals surface area contributed by atoms with Crippen LogP contribution >= 0.6 is 43.6 Å². The van der Waals surface area contributed by atoms with E-state index in [9.17, 15) is 9.59 Å². The SMILES string of the molecule is COC(=O)COc1c(Br)cc(Br)cc1/C=C1/SC(=Nc2ccc(C)c(C)c2)NC1=O. The highest BCUT2D eigenvalue weighted by atomic mass is 79.9. The summed E-state index contributed by atoms with van der Waals surface area (Å²) in [5, 5.41) is 3.28. The van der Waals surface area contributed by atoms with Gasteiger partial charge in [0.2, 0.25) is 0 Å². The second-order valence-corrected chi connectivity index (χ2v) is 9.22. The molecule has 1 aliphatic heterocycles. The lowest BCUT2D eigenvalue weighted by molar-refractivity contribution is -0.142. The molecule has 1 N–H and O–H groups in total. The molecular weight excluding hydrogens is 536 g/mol. The summed E-state index contributed by atoms with van der Waals surface area (Å²) in [6, 6.07) is 9.48. The fourth-order valence-electron chi connectivity index (χ4n) is 2.56. The van der Waals surface area contributed by atoms with Crippen LogP contribution in [0.15, 0.2) is 49.2 Å². The van der Waals surface area contributed by atoms with Crippen LogP contribution in [0.25, 0.3) is 6.08 Å². The molecule has 2 aromatic rings. The van der Waals surface area contributed by atoms with Crippen LogP contribution in [0.2, 0.25) is 0 Å². The third kappa shape index (κ3) is 5.53. The van der Waals surface area contributed by atoms with Crippen molar-refractivity contribution in [1.29, 1.82) is 0 Å². The number of rotatable bonds is 5. The monoisotopic (exact) mass is 552 g/mol. The van der Waals surface area contributed by atoms with Gasteiger partial charge < -0.3 is 14.8 Å². The van der Waals surface area contributed by atoms with E-state index in [-0.39, 0.29) is 12.5 Å². The Morgan fingerprint density at radius 2 is 1.97 bits per heavy atom. The molecule has 0 atom stereocenters. The lowest BCUT2D eigenvalue weighted by atomic mass is 10.1. The van der Waals surface area contributed by atoms with Crippen molar-refractivity contribution in [2.75, 3.05) is 13.7 Å². The van der Waals surface area contributed by atoms with Crippen LogP contribution in [0.3, 0.4) is 0 Å². The predicted molar refractivity (Wildman–Crippen MR) is 126 cm³/mol. The molecule has 6 nitrogen and oxygen atoms in total. The van der Waals surface area contributed by atoms with Crippen molar-refractivity contribution in [3.63, 3.8) is 0 Å². The van der Waals surface area contributed by atoms with E-state index in [0.29, 0.717) is 25.9 Å². The molecule has 0 radical (unpaired) electrons. The van der Waals surface area contributed by atoms with Crippen molar-refractivity contribution in [1.82, 2.24) is 5.32 Å². The number of hydrogen-bond donors (Lipinski definition) is 1. The van der Waals surface area contributed by atoms with Crippen molar-refractivity contribution >= 4 is 72.4 Å². The van der Waals surface area contributed by atoms with Crippen LogP contribution in [0.1, 0.15) is 16.7 Å². The highest BCUT2D eigenvalue weighted by molar-refractivity contribution is 9.11. The van der Waals surface area contributed by atoms with Crippen molar-refractivity contribution in [2.24, 2.45) is 4.99 Å². The summed E-state index contributed by atoms with van der Waals surface area (Å²) < 4.78 is 11.7. The van der Waals surface area contributed by atoms with Crippen molar-refractivity contribution in [3.8, 4) is 5.75 Å². The molecular formula is C21H18Br2N2O4S. The molecule has 1 fully saturated rings. The largest absolute Gasteiger partial charge is 0.480 e. The van der Waals surface area contributed by atoms with Crippen LogP contribution < -0.4 is 10.1 Å². The van der Waals surface area contributed by atoms with E-state index >= 15 is 0 Å². The third-order valence-electron chi connectivity index (χ3n) is 4.26. The number of halogens is 2. The molecule has 0 bridgehead atoms. The van der Waals surface area contributed by atoms with Gasteiger partial charge in [0, 0.05) is 10.0 Å². The summed E-state index contributed by atoms with van der Waals surface area (Å²) in [6.07, 6.45) is 1.70. The highest BCUT2D eigenvalue weighted by Gasteiger charge is 2.25. The number of esters is 1. The van der Waals surface area contributed by atoms with Gasteiger partial charge in [-0.2, -0.15) is 0 Å². The average Bonchev–Trinajstić information content (AvgIpc) is 3.02. The number of ether oxygens (including phenoxy) is 2. The number of aliphatic imine (C=N–C) groups is 1. The smallest absolute Gasteiger partial charge is 0.343 e. The number of carbonyl (C=O) groups is 2. The zero-order valence-electron chi connectivity index (χ0n) is 16.4. The van der Waals surface area contributed by atoms with Crippen LogP contribution in [0.5, 0.6) is 5.75 Å². The summed E-state index contributed by atoms with van der Waals surface area (Å²) in [7, 11) is 1.29. The minimum absolute atomic E-state index is 0.244. The Morgan fingerprint density at radius 1 is 1.20 bits per heavy atom. The number of nitrogens with one attached hydrogen (secondary N) is 1. The fraction of sp³-hybridized carbons (Fsp3) is 0.190. The number of amidine groups is 1. The van der Waals surface area contributed by atoms with E-state index in [1.54, 1.807) is 18.2 Å². The average molecular weight is 554 g/mol. The van der Waals surface area contributed by atoms with E-state index in [1.807, 2.05) is 32.0 Å². The summed E-state index contributed by atoms with van der Waals surface area (Å²) in [4.78, 5) is 28.9. The molecule has 0 spiro atoms. The third-order valence-corrected chi connectivity index (χ3v) is 6.21. The van der Waals surface area contributed by atoms with Gasteiger partial charge in [-0.05, 0) is 83.0 Å². The van der Waals surface area contributed by atoms with Crippen LogP contribution in [0.4, 0.5) is 5.69 Å². The molecule has 3 rings (SSSR count). The van der Waals surface area contributed by atoms with Gasteiger partial charge in [-0.1, -0.05) is 22.0 Å². The Bertz CT molecular complexity index is 1080. The predicted octanol–water partition coefficient (Wildman–Crippen LogP) is 5.27. The first-order chi connectivity index (χ1) is 14.3. The lowest BCUT2D eigenvalue weighted by Crippen LogP contribution is -2.19. The maximum atomic E-state index is 12.5. The van der Waals surface area contributed by atoms with E-state index in [4.69, 9.17) is 4.74 Å². The maximum Gasteiger partial charge on any atom is 0.343 e. The minimum Gasteiger partial charge on any atom is -0.480 e. The Morgan fingerprint density at radius 3 is 2.67 bits per heavy atom. The Balaban J connectivity index is 1.89. The zero-order chi connectivity index (χ0) is 21.8. The van der Waals surface area contributed by atoms with Gasteiger partial charge in [0.05, 0.1) is 22.2 Å². The molecule has 0 aromatic heterocycles. The summed E-state index contributed by atoms with van der Waals surface area (Å²) >= 11 is 8.11. The summed E-state index contributed by atoms with van der Waals surface area (Å²) in [5.41, 5.74) is 3.72. The van der Waals surface area contributed by atoms with Crippen molar-refractivity contribution in [2.45, 2.75) is 13.8 Å². The molecule has 1 saturated heterocycles. The van der Waals surface area contributed by atoms with Gasteiger partial charge in [0.1, 0.15) is 5.75 Å². The zero-order valence-corrected chi connectivity index (χ0v) is 20.4. The standard InChI is InChI=1S/C21H18Br2N2O4S/c1-11-4-5-15(6-12(11)2)24-21-25-20(27)17(30-21)8-13-7-14(22)9-16(23)19(13)29-10-18(26)28-3/h4-9H,10H2,1-3H3,(H,24,25,27)/b17-8+. The topological polar surface area (TPSA) is 77.0 Å². The van der Waals surface area contributed by atoms with E-state index < -0.39 is 5.97 Å². The van der Waals surface area contributed by atoms with Crippen LogP contribution in [0, 0.1) is 13.8 Å². The number of benzene rings is 2. The van der Waals surface area contributed by atoms with E-state index in [0.717, 1.165) is 15.7 Å². The van der Waals surface area contributed by atoms with Crippen molar-refractivity contribution < 1.29 is 19.1 Å². The summed E-state index contributed by atoms with van der Waals surface area (Å²) in [6.45, 7) is 3.81. The lowest BCUT2D eigenvalue weighted by Gasteiger charge is -2.11. The number of amides is 1. The number of methoxy groups -OCH3 is 1. The highest BCUT2D eigenvalue weighted by Crippen LogP contribution is 2.37. The molecule has 9 heteroatoms. The number of aryl methyl sites for hydroxylation is 2. The number of thioether (sulfide) groups is 1. The van der Waals surface area contributed by atoms with Gasteiger partial charge in [0.25, 0.3) is 5.91 Å². The second kappa shape index (κ2) is 9.80. The first-order valence-corrected chi connectivity index (χ1v) is 11.2. The van der Waals surface area contributed by atoms with Crippen LogP contribution in [-0.4, -0.2) is 30.8 Å². The number of carbonyl (C=O) groups excluding carboxylic acids is 2. The quantitative estimate of drug-likeness (QED) is 0.403. The Hall–Kier alpha value is -2.10. The number of nitrogens with zero attached hydrogens (tertiary/aromatic N) is 1. The first kappa shape index (κ1) is 22.6. The molecule has 1 amide bonds. The maximum absolute atomic E-state index is 12.5. The second-order valence-electron chi connectivity index (χ2n) is 6.42. The fourth-order valence-corrected chi connectivity index (χ4v) is 4.77. The summed E-state index contributed by atoms with van der Waals surface area (Å²) in [5.74, 6) is -0.319. The van der Waals surface area contributed by atoms with Crippen LogP contribution in [-0.2, 0) is 14.3 Å². The van der Waals surface area contributed by atoms with Gasteiger partial charge in [0.15, 0.2) is 11.8 Å². The van der Waals surface area contributed by atoms with Gasteiger partial charge >= 0.3 is 5.97 Å². The molecule has 0 aliphatic carbocycles. The molecule has 2 aromatic carbocycles. The van der Waals surface area contributed by atoms with Gasteiger partial charge in [-0.3, -0.25) is 4.79 Å². The molecule has 156 valence electrons. The number of hydrogen-bond acceptors (Lipinski definition) is 6. The molecule has 30 heavy (non-hydrogen) atoms. The molecule has 0 unspecified atom stereocenters.